The van der Waals surface area contributed by atoms with Gasteiger partial charge in [-0.05, 0) is 26.7 Å². The minimum Gasteiger partial charge on any atom is -0.369 e. The van der Waals surface area contributed by atoms with Gasteiger partial charge in [0.15, 0.2) is 5.76 Å². The Bertz CT molecular complexity index is 707. The van der Waals surface area contributed by atoms with Crippen LogP contribution in [-0.2, 0) is 22.5 Å². The van der Waals surface area contributed by atoms with Crippen molar-refractivity contribution >= 4 is 11.6 Å². The van der Waals surface area contributed by atoms with Crippen molar-refractivity contribution in [2.24, 2.45) is 5.92 Å². The van der Waals surface area contributed by atoms with E-state index in [-0.39, 0.29) is 17.9 Å². The van der Waals surface area contributed by atoms with Gasteiger partial charge >= 0.3 is 0 Å². The molecular weight excluding hydrogens is 308 g/mol. The van der Waals surface area contributed by atoms with E-state index in [0.29, 0.717) is 30.2 Å². The third-order valence-electron chi connectivity index (χ3n) is 4.50. The number of rotatable bonds is 5. The van der Waals surface area contributed by atoms with Gasteiger partial charge in [-0.2, -0.15) is 0 Å². The standard InChI is InChI=1S/C17H24N4O3/c1-4-13-14(11(3)20-24-13)19-17(22)12-7-6-10-23-15(12)16-18-8-9-21(16)5-2/h8-9,12,15H,4-7,10H2,1-3H3,(H,19,22)/t12-,15-/m1/s1. The van der Waals surface area contributed by atoms with Gasteiger partial charge in [0.05, 0.1) is 5.92 Å². The molecule has 3 rings (SSSR count). The Balaban J connectivity index is 1.82. The molecule has 2 aromatic heterocycles. The molecule has 7 heteroatoms. The number of carbonyl (C=O) groups excluding carboxylic acids is 1. The molecule has 0 bridgehead atoms. The summed E-state index contributed by atoms with van der Waals surface area (Å²) in [6.45, 7) is 7.31. The second-order valence-electron chi connectivity index (χ2n) is 6.02. The number of nitrogens with one attached hydrogen (secondary N) is 1. The van der Waals surface area contributed by atoms with Crippen molar-refractivity contribution in [3.05, 3.63) is 29.7 Å². The van der Waals surface area contributed by atoms with Crippen LogP contribution in [0.3, 0.4) is 0 Å². The number of carbonyl (C=O) groups is 1. The topological polar surface area (TPSA) is 82.2 Å². The summed E-state index contributed by atoms with van der Waals surface area (Å²) in [4.78, 5) is 17.3. The van der Waals surface area contributed by atoms with Gasteiger partial charge in [-0.1, -0.05) is 12.1 Å². The van der Waals surface area contributed by atoms with Crippen molar-refractivity contribution in [1.82, 2.24) is 14.7 Å². The Morgan fingerprint density at radius 3 is 3.04 bits per heavy atom. The highest BCUT2D eigenvalue weighted by Gasteiger charge is 2.36. The largest absolute Gasteiger partial charge is 0.369 e. The van der Waals surface area contributed by atoms with E-state index in [4.69, 9.17) is 9.26 Å². The molecule has 7 nitrogen and oxygen atoms in total. The lowest BCUT2D eigenvalue weighted by molar-refractivity contribution is -0.130. The van der Waals surface area contributed by atoms with Crippen LogP contribution in [0, 0.1) is 12.8 Å². The number of amides is 1. The normalized spacial score (nSPS) is 21.0. The lowest BCUT2D eigenvalue weighted by atomic mass is 9.92. The quantitative estimate of drug-likeness (QED) is 0.910. The second-order valence-corrected chi connectivity index (χ2v) is 6.02. The van der Waals surface area contributed by atoms with E-state index in [1.165, 1.54) is 0 Å². The molecule has 3 heterocycles. The van der Waals surface area contributed by atoms with Crippen LogP contribution in [0.4, 0.5) is 5.69 Å². The van der Waals surface area contributed by atoms with Gasteiger partial charge in [-0.15, -0.1) is 0 Å². The number of aromatic nitrogens is 3. The van der Waals surface area contributed by atoms with Crippen molar-refractivity contribution in [3.8, 4) is 0 Å². The van der Waals surface area contributed by atoms with Gasteiger partial charge in [-0.25, -0.2) is 4.98 Å². The molecule has 0 saturated carbocycles. The molecule has 1 aliphatic rings. The highest BCUT2D eigenvalue weighted by atomic mass is 16.5. The van der Waals surface area contributed by atoms with Gasteiger partial charge in [0.25, 0.3) is 0 Å². The molecule has 130 valence electrons. The van der Waals surface area contributed by atoms with Gasteiger partial charge in [0.2, 0.25) is 5.91 Å². The first-order valence-electron chi connectivity index (χ1n) is 8.54. The average molecular weight is 332 g/mol. The molecule has 1 N–H and O–H groups in total. The number of imidazole rings is 1. The smallest absolute Gasteiger partial charge is 0.230 e. The van der Waals surface area contributed by atoms with E-state index in [1.807, 2.05) is 24.6 Å². The van der Waals surface area contributed by atoms with Crippen LogP contribution in [0.25, 0.3) is 0 Å². The van der Waals surface area contributed by atoms with E-state index in [1.54, 1.807) is 6.20 Å². The molecule has 0 radical (unpaired) electrons. The molecule has 1 fully saturated rings. The fourth-order valence-corrected chi connectivity index (χ4v) is 3.18. The molecule has 0 spiro atoms. The first-order valence-corrected chi connectivity index (χ1v) is 8.54. The first-order chi connectivity index (χ1) is 11.7. The fraction of sp³-hybridized carbons (Fsp3) is 0.588. The zero-order valence-corrected chi connectivity index (χ0v) is 14.4. The lowest BCUT2D eigenvalue weighted by Crippen LogP contribution is -2.34. The highest BCUT2D eigenvalue weighted by Crippen LogP contribution is 2.34. The molecule has 1 saturated heterocycles. The van der Waals surface area contributed by atoms with Crippen LogP contribution in [0.15, 0.2) is 16.9 Å². The zero-order valence-electron chi connectivity index (χ0n) is 14.4. The predicted molar refractivity (Wildman–Crippen MR) is 88.6 cm³/mol. The Hall–Kier alpha value is -2.15. The second kappa shape index (κ2) is 7.17. The summed E-state index contributed by atoms with van der Waals surface area (Å²) >= 11 is 0. The van der Waals surface area contributed by atoms with Gasteiger partial charge in [-0.3, -0.25) is 4.79 Å². The van der Waals surface area contributed by atoms with Crippen molar-refractivity contribution < 1.29 is 14.1 Å². The summed E-state index contributed by atoms with van der Waals surface area (Å²) in [5, 5.41) is 6.94. The maximum atomic E-state index is 12.9. The number of hydrogen-bond donors (Lipinski definition) is 1. The van der Waals surface area contributed by atoms with E-state index >= 15 is 0 Å². The van der Waals surface area contributed by atoms with Gasteiger partial charge in [0.1, 0.15) is 23.3 Å². The van der Waals surface area contributed by atoms with Crippen LogP contribution < -0.4 is 5.32 Å². The molecule has 1 aliphatic heterocycles. The Labute approximate surface area is 141 Å². The van der Waals surface area contributed by atoms with Gasteiger partial charge < -0.3 is 19.1 Å². The summed E-state index contributed by atoms with van der Waals surface area (Å²) < 4.78 is 13.2. The molecule has 0 aromatic carbocycles. The van der Waals surface area contributed by atoms with Crippen LogP contribution in [0.2, 0.25) is 0 Å². The molecule has 0 aliphatic carbocycles. The predicted octanol–water partition coefficient (Wildman–Crippen LogP) is 2.87. The van der Waals surface area contributed by atoms with Crippen LogP contribution >= 0.6 is 0 Å². The zero-order chi connectivity index (χ0) is 17.1. The van der Waals surface area contributed by atoms with E-state index in [2.05, 4.69) is 22.4 Å². The van der Waals surface area contributed by atoms with E-state index in [9.17, 15) is 4.79 Å². The average Bonchev–Trinajstić information content (AvgIpc) is 3.22. The summed E-state index contributed by atoms with van der Waals surface area (Å²) in [6.07, 6.45) is 5.68. The molecule has 2 atom stereocenters. The minimum atomic E-state index is -0.320. The molecular formula is C17H24N4O3. The molecule has 2 aromatic rings. The first kappa shape index (κ1) is 16.7. The summed E-state index contributed by atoms with van der Waals surface area (Å²) in [5.74, 6) is 1.18. The van der Waals surface area contributed by atoms with Crippen LogP contribution in [-0.4, -0.2) is 27.2 Å². The maximum Gasteiger partial charge on any atom is 0.230 e. The number of nitrogens with zero attached hydrogens (tertiary/aromatic N) is 3. The maximum absolute atomic E-state index is 12.9. The van der Waals surface area contributed by atoms with Crippen LogP contribution in [0.1, 0.15) is 50.1 Å². The van der Waals surface area contributed by atoms with Crippen molar-refractivity contribution in [3.63, 3.8) is 0 Å². The third kappa shape index (κ3) is 3.08. The van der Waals surface area contributed by atoms with Gasteiger partial charge in [0, 0.05) is 32.0 Å². The molecule has 0 unspecified atom stereocenters. The van der Waals surface area contributed by atoms with Crippen molar-refractivity contribution in [2.75, 3.05) is 11.9 Å². The number of anilines is 1. The Morgan fingerprint density at radius 2 is 2.29 bits per heavy atom. The highest BCUT2D eigenvalue weighted by molar-refractivity contribution is 5.94. The molecule has 24 heavy (non-hydrogen) atoms. The number of hydrogen-bond acceptors (Lipinski definition) is 5. The van der Waals surface area contributed by atoms with E-state index < -0.39 is 0 Å². The third-order valence-corrected chi connectivity index (χ3v) is 4.50. The van der Waals surface area contributed by atoms with E-state index in [0.717, 1.165) is 25.2 Å². The number of aryl methyl sites for hydroxylation is 3. The SMILES string of the molecule is CCc1onc(C)c1NC(=O)[C@@H]1CCCO[C@H]1c1nccn1CC. The minimum absolute atomic E-state index is 0.0636. The fourth-order valence-electron chi connectivity index (χ4n) is 3.18. The van der Waals surface area contributed by atoms with Crippen LogP contribution in [0.5, 0.6) is 0 Å². The van der Waals surface area contributed by atoms with Crippen molar-refractivity contribution in [2.45, 2.75) is 52.7 Å². The summed E-state index contributed by atoms with van der Waals surface area (Å²) in [7, 11) is 0. The summed E-state index contributed by atoms with van der Waals surface area (Å²) in [5.41, 5.74) is 1.38. The summed E-state index contributed by atoms with van der Waals surface area (Å²) in [6, 6.07) is 0. The lowest BCUT2D eigenvalue weighted by Gasteiger charge is -2.30. The van der Waals surface area contributed by atoms with Crippen molar-refractivity contribution in [1.29, 1.82) is 0 Å². The number of ether oxygens (including phenoxy) is 1. The monoisotopic (exact) mass is 332 g/mol. The Kier molecular flexibility index (Phi) is 4.99. The Morgan fingerprint density at radius 1 is 1.46 bits per heavy atom. The molecule has 1 amide bonds.